The largest absolute Gasteiger partial charge is 0.497 e. The summed E-state index contributed by atoms with van der Waals surface area (Å²) in [6, 6.07) is 14.7. The topological polar surface area (TPSA) is 103 Å². The SMILES string of the molecule is COc1ccc(CN(C(=O)CSc2nc(C)cc(C)n2)C2(C(=O)Nc3ccc(OC)cc3OC)CCCC2)cc1. The second-order valence-electron chi connectivity index (χ2n) is 9.81. The van der Waals surface area contributed by atoms with Crippen LogP contribution in [0.3, 0.4) is 0 Å². The highest BCUT2D eigenvalue weighted by Crippen LogP contribution is 2.39. The number of hydrogen-bond acceptors (Lipinski definition) is 8. The zero-order valence-corrected chi connectivity index (χ0v) is 24.5. The summed E-state index contributed by atoms with van der Waals surface area (Å²) in [4.78, 5) is 38.8. The Bertz CT molecular complexity index is 1320. The molecular formula is C30H36N4O5S. The lowest BCUT2D eigenvalue weighted by molar-refractivity contribution is -0.144. The zero-order valence-electron chi connectivity index (χ0n) is 23.7. The van der Waals surface area contributed by atoms with Gasteiger partial charge in [-0.25, -0.2) is 9.97 Å². The molecule has 1 aliphatic carbocycles. The minimum Gasteiger partial charge on any atom is -0.497 e. The lowest BCUT2D eigenvalue weighted by Gasteiger charge is -2.40. The first-order valence-electron chi connectivity index (χ1n) is 13.2. The van der Waals surface area contributed by atoms with Gasteiger partial charge in [-0.3, -0.25) is 9.59 Å². The lowest BCUT2D eigenvalue weighted by Crippen LogP contribution is -2.57. The number of benzene rings is 2. The van der Waals surface area contributed by atoms with Crippen molar-refractivity contribution in [2.45, 2.75) is 56.8 Å². The van der Waals surface area contributed by atoms with Crippen LogP contribution in [0, 0.1) is 13.8 Å². The molecule has 0 saturated heterocycles. The van der Waals surface area contributed by atoms with Gasteiger partial charge in [0.15, 0.2) is 5.16 Å². The van der Waals surface area contributed by atoms with Crippen molar-refractivity contribution in [1.82, 2.24) is 14.9 Å². The van der Waals surface area contributed by atoms with Crippen LogP contribution in [-0.2, 0) is 16.1 Å². The molecule has 10 heteroatoms. The van der Waals surface area contributed by atoms with E-state index in [-0.39, 0.29) is 24.1 Å². The van der Waals surface area contributed by atoms with E-state index >= 15 is 0 Å². The molecule has 0 atom stereocenters. The summed E-state index contributed by atoms with van der Waals surface area (Å²) in [5, 5.41) is 3.60. The summed E-state index contributed by atoms with van der Waals surface area (Å²) in [7, 11) is 4.73. The van der Waals surface area contributed by atoms with Gasteiger partial charge in [0.1, 0.15) is 22.8 Å². The molecule has 1 aromatic heterocycles. The fourth-order valence-corrected chi connectivity index (χ4v) is 5.90. The molecule has 1 fully saturated rings. The molecule has 1 aliphatic rings. The smallest absolute Gasteiger partial charge is 0.250 e. The van der Waals surface area contributed by atoms with E-state index < -0.39 is 5.54 Å². The predicted octanol–water partition coefficient (Wildman–Crippen LogP) is 5.19. The van der Waals surface area contributed by atoms with Crippen molar-refractivity contribution < 1.29 is 23.8 Å². The maximum Gasteiger partial charge on any atom is 0.250 e. The normalized spacial score (nSPS) is 13.9. The average Bonchev–Trinajstić information content (AvgIpc) is 3.46. The van der Waals surface area contributed by atoms with Gasteiger partial charge in [-0.05, 0) is 62.6 Å². The standard InChI is InChI=1S/C30H36N4O5S/c1-20-16-21(2)32-29(31-20)40-19-27(35)34(18-22-8-10-23(37-3)11-9-22)30(14-6-7-15-30)28(36)33-25-13-12-24(38-4)17-26(25)39-5/h8-13,16-17H,6-7,14-15,18-19H2,1-5H3,(H,33,36). The molecule has 1 saturated carbocycles. The van der Waals surface area contributed by atoms with Gasteiger partial charge in [0.25, 0.3) is 0 Å². The van der Waals surface area contributed by atoms with E-state index in [1.165, 1.54) is 11.8 Å². The monoisotopic (exact) mass is 564 g/mol. The Labute approximate surface area is 239 Å². The quantitative estimate of drug-likeness (QED) is 0.251. The summed E-state index contributed by atoms with van der Waals surface area (Å²) in [6.45, 7) is 4.09. The third-order valence-corrected chi connectivity index (χ3v) is 7.95. The number of rotatable bonds is 11. The maximum absolute atomic E-state index is 14.1. The molecule has 40 heavy (non-hydrogen) atoms. The zero-order chi connectivity index (χ0) is 28.7. The number of thioether (sulfide) groups is 1. The van der Waals surface area contributed by atoms with Crippen LogP contribution in [-0.4, -0.2) is 59.3 Å². The van der Waals surface area contributed by atoms with Gasteiger partial charge in [-0.2, -0.15) is 0 Å². The second kappa shape index (κ2) is 13.0. The molecule has 1 N–H and O–H groups in total. The fraction of sp³-hybridized carbons (Fsp3) is 0.400. The van der Waals surface area contributed by atoms with Crippen molar-refractivity contribution in [3.05, 3.63) is 65.5 Å². The molecule has 3 aromatic rings. The Morgan fingerprint density at radius 3 is 2.12 bits per heavy atom. The van der Waals surface area contributed by atoms with Crippen molar-refractivity contribution in [2.75, 3.05) is 32.4 Å². The van der Waals surface area contributed by atoms with E-state index in [1.807, 2.05) is 44.2 Å². The van der Waals surface area contributed by atoms with Gasteiger partial charge < -0.3 is 24.4 Å². The van der Waals surface area contributed by atoms with Gasteiger partial charge in [0, 0.05) is 24.0 Å². The first-order chi connectivity index (χ1) is 19.3. The van der Waals surface area contributed by atoms with Crippen LogP contribution in [0.5, 0.6) is 17.2 Å². The number of amides is 2. The number of carbonyl (C=O) groups excluding carboxylic acids is 2. The number of aryl methyl sites for hydroxylation is 2. The third-order valence-electron chi connectivity index (χ3n) is 7.11. The molecule has 2 aromatic carbocycles. The van der Waals surface area contributed by atoms with E-state index in [0.29, 0.717) is 35.2 Å². The van der Waals surface area contributed by atoms with Crippen LogP contribution < -0.4 is 19.5 Å². The first-order valence-corrected chi connectivity index (χ1v) is 14.2. The van der Waals surface area contributed by atoms with Gasteiger partial charge in [-0.15, -0.1) is 0 Å². The molecule has 0 radical (unpaired) electrons. The third kappa shape index (κ3) is 6.67. The van der Waals surface area contributed by atoms with Crippen molar-refractivity contribution in [2.24, 2.45) is 0 Å². The van der Waals surface area contributed by atoms with Crippen molar-refractivity contribution in [3.8, 4) is 17.2 Å². The molecule has 9 nitrogen and oxygen atoms in total. The Kier molecular flexibility index (Phi) is 9.52. The molecule has 0 bridgehead atoms. The number of nitrogens with one attached hydrogen (secondary N) is 1. The Hall–Kier alpha value is -3.79. The van der Waals surface area contributed by atoms with Crippen molar-refractivity contribution in [3.63, 3.8) is 0 Å². The number of aromatic nitrogens is 2. The van der Waals surface area contributed by atoms with Gasteiger partial charge in [0.05, 0.1) is 32.8 Å². The Morgan fingerprint density at radius 2 is 1.52 bits per heavy atom. The summed E-state index contributed by atoms with van der Waals surface area (Å²) in [5.74, 6) is 1.55. The van der Waals surface area contributed by atoms with E-state index in [0.717, 1.165) is 35.5 Å². The molecule has 212 valence electrons. The number of anilines is 1. The van der Waals surface area contributed by atoms with Crippen molar-refractivity contribution in [1.29, 1.82) is 0 Å². The van der Waals surface area contributed by atoms with E-state index in [9.17, 15) is 9.59 Å². The van der Waals surface area contributed by atoms with E-state index in [2.05, 4.69) is 15.3 Å². The molecular weight excluding hydrogens is 528 g/mol. The van der Waals surface area contributed by atoms with Crippen LogP contribution in [0.4, 0.5) is 5.69 Å². The highest BCUT2D eigenvalue weighted by Gasteiger charge is 2.48. The lowest BCUT2D eigenvalue weighted by atomic mass is 9.92. The molecule has 0 unspecified atom stereocenters. The number of methoxy groups -OCH3 is 3. The molecule has 2 amide bonds. The number of ether oxygens (including phenoxy) is 3. The van der Waals surface area contributed by atoms with Gasteiger partial charge >= 0.3 is 0 Å². The van der Waals surface area contributed by atoms with Gasteiger partial charge in [-0.1, -0.05) is 36.7 Å². The van der Waals surface area contributed by atoms with Crippen LogP contribution in [0.1, 0.15) is 42.6 Å². The van der Waals surface area contributed by atoms with Crippen molar-refractivity contribution >= 4 is 29.3 Å². The molecule has 4 rings (SSSR count). The summed E-state index contributed by atoms with van der Waals surface area (Å²) >= 11 is 1.29. The van der Waals surface area contributed by atoms with Crippen LogP contribution in [0.2, 0.25) is 0 Å². The second-order valence-corrected chi connectivity index (χ2v) is 10.8. The molecule has 0 aliphatic heterocycles. The maximum atomic E-state index is 14.1. The first kappa shape index (κ1) is 29.2. The highest BCUT2D eigenvalue weighted by molar-refractivity contribution is 7.99. The van der Waals surface area contributed by atoms with E-state index in [4.69, 9.17) is 14.2 Å². The predicted molar refractivity (Wildman–Crippen MR) is 155 cm³/mol. The van der Waals surface area contributed by atoms with Crippen LogP contribution in [0.15, 0.2) is 53.7 Å². The summed E-state index contributed by atoms with van der Waals surface area (Å²) in [5.41, 5.74) is 2.10. The molecule has 0 spiro atoms. The number of nitrogens with zero attached hydrogens (tertiary/aromatic N) is 3. The minimum absolute atomic E-state index is 0.111. The van der Waals surface area contributed by atoms with Crippen LogP contribution in [0.25, 0.3) is 0 Å². The fourth-order valence-electron chi connectivity index (χ4n) is 5.07. The Morgan fingerprint density at radius 1 is 0.900 bits per heavy atom. The average molecular weight is 565 g/mol. The minimum atomic E-state index is -1.02. The Balaban J connectivity index is 1.65. The summed E-state index contributed by atoms with van der Waals surface area (Å²) < 4.78 is 16.1. The van der Waals surface area contributed by atoms with E-state index in [1.54, 1.807) is 44.4 Å². The molecule has 1 heterocycles. The summed E-state index contributed by atoms with van der Waals surface area (Å²) in [6.07, 6.45) is 2.80. The number of carbonyl (C=O) groups is 2. The van der Waals surface area contributed by atoms with Gasteiger partial charge in [0.2, 0.25) is 11.8 Å². The van der Waals surface area contributed by atoms with Crippen LogP contribution >= 0.6 is 11.8 Å². The number of hydrogen-bond donors (Lipinski definition) is 1. The highest BCUT2D eigenvalue weighted by atomic mass is 32.2.